The minimum absolute atomic E-state index is 0.207. The molecule has 3 rings (SSSR count). The highest BCUT2D eigenvalue weighted by Crippen LogP contribution is 2.34. The summed E-state index contributed by atoms with van der Waals surface area (Å²) in [5, 5.41) is 24.9. The van der Waals surface area contributed by atoms with Crippen molar-refractivity contribution < 1.29 is 19.8 Å². The molecule has 0 spiro atoms. The minimum atomic E-state index is -1.63. The molecule has 2 N–H and O–H groups in total. The van der Waals surface area contributed by atoms with Crippen molar-refractivity contribution in [3.63, 3.8) is 0 Å². The van der Waals surface area contributed by atoms with Gasteiger partial charge in [0.05, 0.1) is 5.52 Å². The molecule has 0 aliphatic heterocycles. The van der Waals surface area contributed by atoms with Gasteiger partial charge in [0.25, 0.3) is 0 Å². The lowest BCUT2D eigenvalue weighted by Gasteiger charge is -2.14. The van der Waals surface area contributed by atoms with E-state index in [1.165, 1.54) is 0 Å². The summed E-state index contributed by atoms with van der Waals surface area (Å²) in [6.45, 7) is 2.63. The van der Waals surface area contributed by atoms with Gasteiger partial charge in [-0.05, 0) is 25.3 Å². The molecule has 0 unspecified atom stereocenters. The maximum absolute atomic E-state index is 11.6. The Kier molecular flexibility index (Phi) is 5.45. The number of anilines is 1. The first-order valence-electron chi connectivity index (χ1n) is 8.97. The van der Waals surface area contributed by atoms with Crippen LogP contribution in [0.3, 0.4) is 0 Å². The van der Waals surface area contributed by atoms with E-state index in [2.05, 4.69) is 16.0 Å². The molecule has 0 aliphatic carbocycles. The van der Waals surface area contributed by atoms with Crippen molar-refractivity contribution in [3.05, 3.63) is 30.0 Å². The van der Waals surface area contributed by atoms with Crippen LogP contribution in [0.5, 0.6) is 0 Å². The van der Waals surface area contributed by atoms with Gasteiger partial charge in [0.15, 0.2) is 5.82 Å². The van der Waals surface area contributed by atoms with Crippen LogP contribution >= 0.6 is 0 Å². The van der Waals surface area contributed by atoms with Crippen LogP contribution in [-0.4, -0.2) is 37.2 Å². The number of hydrogen-bond donors (Lipinski definition) is 2. The average Bonchev–Trinajstić information content (AvgIpc) is 3.01. The van der Waals surface area contributed by atoms with Crippen molar-refractivity contribution in [2.45, 2.75) is 39.2 Å². The molecular formula is C20H20N4O4. The highest BCUT2D eigenvalue weighted by molar-refractivity contribution is 6.17. The highest BCUT2D eigenvalue weighted by atomic mass is 16.4. The van der Waals surface area contributed by atoms with E-state index in [-0.39, 0.29) is 16.2 Å². The van der Waals surface area contributed by atoms with E-state index in [0.717, 1.165) is 29.3 Å². The van der Waals surface area contributed by atoms with Crippen LogP contribution in [0.25, 0.3) is 21.8 Å². The van der Waals surface area contributed by atoms with E-state index in [1.54, 1.807) is 16.8 Å². The average molecular weight is 380 g/mol. The molecule has 0 saturated heterocycles. The van der Waals surface area contributed by atoms with Crippen LogP contribution in [0.15, 0.2) is 24.3 Å². The quantitative estimate of drug-likeness (QED) is 0.492. The first kappa shape index (κ1) is 19.2. The molecule has 28 heavy (non-hydrogen) atoms. The lowest BCUT2D eigenvalue weighted by atomic mass is 10.0. The highest BCUT2D eigenvalue weighted by Gasteiger charge is 2.29. The van der Waals surface area contributed by atoms with Gasteiger partial charge in [-0.1, -0.05) is 25.1 Å². The molecule has 0 radical (unpaired) electrons. The molecule has 2 heterocycles. The van der Waals surface area contributed by atoms with Crippen molar-refractivity contribution in [1.29, 1.82) is 0 Å². The van der Waals surface area contributed by atoms with Crippen molar-refractivity contribution in [1.82, 2.24) is 14.8 Å². The number of amides is 2. The van der Waals surface area contributed by atoms with Crippen LogP contribution in [0.4, 0.5) is 15.4 Å². The summed E-state index contributed by atoms with van der Waals surface area (Å²) in [6.07, 6.45) is 4.93. The number of para-hydroxylation sites is 1. The molecule has 0 saturated carbocycles. The summed E-state index contributed by atoms with van der Waals surface area (Å²) in [6, 6.07) is 7.23. The number of imide groups is 1. The molecule has 0 fully saturated rings. The Hall–Kier alpha value is -3.60. The number of benzene rings is 1. The second-order valence-electron chi connectivity index (χ2n) is 6.30. The largest absolute Gasteiger partial charge is 0.464 e. The van der Waals surface area contributed by atoms with Crippen LogP contribution in [-0.2, 0) is 13.0 Å². The first-order chi connectivity index (χ1) is 13.5. The van der Waals surface area contributed by atoms with Gasteiger partial charge in [-0.25, -0.2) is 14.6 Å². The van der Waals surface area contributed by atoms with E-state index in [9.17, 15) is 19.8 Å². The predicted molar refractivity (Wildman–Crippen MR) is 106 cm³/mol. The summed E-state index contributed by atoms with van der Waals surface area (Å²) >= 11 is 0. The summed E-state index contributed by atoms with van der Waals surface area (Å²) in [5.41, 5.74) is 1.67. The lowest BCUT2D eigenvalue weighted by Crippen LogP contribution is -2.35. The van der Waals surface area contributed by atoms with Crippen LogP contribution in [0.1, 0.15) is 31.9 Å². The van der Waals surface area contributed by atoms with Crippen molar-refractivity contribution in [3.8, 4) is 12.3 Å². The van der Waals surface area contributed by atoms with E-state index in [1.807, 2.05) is 19.1 Å². The maximum Gasteiger partial charge on any atom is 0.422 e. The summed E-state index contributed by atoms with van der Waals surface area (Å²) in [7, 11) is 0. The lowest BCUT2D eigenvalue weighted by molar-refractivity contribution is 0.184. The second kappa shape index (κ2) is 7.96. The topological polar surface area (TPSA) is 109 Å². The predicted octanol–water partition coefficient (Wildman–Crippen LogP) is 4.11. The van der Waals surface area contributed by atoms with Gasteiger partial charge < -0.3 is 10.2 Å². The van der Waals surface area contributed by atoms with Gasteiger partial charge in [-0.2, -0.15) is 10.00 Å². The minimum Gasteiger partial charge on any atom is -0.464 e. The van der Waals surface area contributed by atoms with Crippen molar-refractivity contribution >= 4 is 39.8 Å². The number of unbranched alkanes of at least 4 members (excludes halogenated alkanes) is 1. The number of carboxylic acid groups (broad SMARTS) is 2. The number of rotatable bonds is 6. The molecule has 0 bridgehead atoms. The van der Waals surface area contributed by atoms with Crippen molar-refractivity contribution in [2.24, 2.45) is 0 Å². The number of terminal acetylenes is 1. The standard InChI is InChI=1S/C20H20N4O4/c1-3-5-6-11-15-16-13-9-7-8-10-14(13)21-18(24(19(25)26)20(27)28)17(16)22-23(15)12-4-2/h1,7-10H,4-6,11-12H2,2H3,(H,25,26)(H,27,28). The fourth-order valence-corrected chi connectivity index (χ4v) is 3.31. The zero-order valence-corrected chi connectivity index (χ0v) is 15.4. The van der Waals surface area contributed by atoms with Gasteiger partial charge in [0.2, 0.25) is 0 Å². The van der Waals surface area contributed by atoms with E-state index in [0.29, 0.717) is 24.9 Å². The van der Waals surface area contributed by atoms with Crippen LogP contribution in [0.2, 0.25) is 0 Å². The Bertz CT molecular complexity index is 1080. The monoisotopic (exact) mass is 380 g/mol. The molecule has 0 aliphatic rings. The van der Waals surface area contributed by atoms with Crippen LogP contribution in [0, 0.1) is 12.3 Å². The Labute approximate surface area is 161 Å². The van der Waals surface area contributed by atoms with Gasteiger partial charge in [-0.15, -0.1) is 12.3 Å². The number of carbonyl (C=O) groups is 2. The van der Waals surface area contributed by atoms with Crippen LogP contribution < -0.4 is 4.90 Å². The molecule has 1 aromatic carbocycles. The summed E-state index contributed by atoms with van der Waals surface area (Å²) in [4.78, 5) is 27.7. The van der Waals surface area contributed by atoms with E-state index >= 15 is 0 Å². The Morgan fingerprint density at radius 1 is 1.25 bits per heavy atom. The van der Waals surface area contributed by atoms with E-state index in [4.69, 9.17) is 6.42 Å². The molecule has 8 nitrogen and oxygen atoms in total. The molecule has 2 aromatic heterocycles. The third-order valence-electron chi connectivity index (χ3n) is 4.43. The molecule has 3 aromatic rings. The van der Waals surface area contributed by atoms with Gasteiger partial charge in [-0.3, -0.25) is 4.68 Å². The number of hydrogen-bond acceptors (Lipinski definition) is 4. The fraction of sp³-hybridized carbons (Fsp3) is 0.300. The van der Waals surface area contributed by atoms with Crippen molar-refractivity contribution in [2.75, 3.05) is 4.90 Å². The summed E-state index contributed by atoms with van der Waals surface area (Å²) in [5.74, 6) is 2.41. The molecule has 8 heteroatoms. The maximum atomic E-state index is 11.6. The SMILES string of the molecule is C#CCCCc1c2c(nn1CCC)c(N(C(=O)O)C(=O)O)nc1ccccc12. The first-order valence-corrected chi connectivity index (χ1v) is 8.97. The fourth-order valence-electron chi connectivity index (χ4n) is 3.31. The van der Waals surface area contributed by atoms with Gasteiger partial charge in [0.1, 0.15) is 5.52 Å². The third-order valence-corrected chi connectivity index (χ3v) is 4.43. The number of aryl methyl sites for hydroxylation is 2. The second-order valence-corrected chi connectivity index (χ2v) is 6.30. The zero-order chi connectivity index (χ0) is 20.3. The van der Waals surface area contributed by atoms with Gasteiger partial charge in [0, 0.05) is 29.4 Å². The van der Waals surface area contributed by atoms with E-state index < -0.39 is 12.2 Å². The normalized spacial score (nSPS) is 10.9. The van der Waals surface area contributed by atoms with Gasteiger partial charge >= 0.3 is 12.2 Å². The number of nitrogens with zero attached hydrogens (tertiary/aromatic N) is 4. The molecular weight excluding hydrogens is 360 g/mol. The summed E-state index contributed by atoms with van der Waals surface area (Å²) < 4.78 is 1.81. The Morgan fingerprint density at radius 2 is 1.96 bits per heavy atom. The molecule has 0 atom stereocenters. The zero-order valence-electron chi connectivity index (χ0n) is 15.4. The molecule has 2 amide bonds. The Balaban J connectivity index is 2.38. The third kappa shape index (κ3) is 3.34. The smallest absolute Gasteiger partial charge is 0.422 e. The number of pyridine rings is 1. The Morgan fingerprint density at radius 3 is 2.61 bits per heavy atom. The number of fused-ring (bicyclic) bond motifs is 3. The molecule has 144 valence electrons. The number of aromatic nitrogens is 3.